The average molecular weight is 232 g/mol. The number of nitrogen functional groups attached to an aromatic ring is 1. The highest BCUT2D eigenvalue weighted by molar-refractivity contribution is 5.87. The lowest BCUT2D eigenvalue weighted by Gasteiger charge is -2.25. The Morgan fingerprint density at radius 2 is 2.12 bits per heavy atom. The molecule has 90 valence electrons. The van der Waals surface area contributed by atoms with Gasteiger partial charge in [-0.2, -0.15) is 15.1 Å². The molecule has 0 unspecified atom stereocenters. The van der Waals surface area contributed by atoms with Crippen molar-refractivity contribution < 1.29 is 0 Å². The van der Waals surface area contributed by atoms with E-state index in [1.807, 2.05) is 0 Å². The summed E-state index contributed by atoms with van der Waals surface area (Å²) in [6, 6.07) is 0.558. The van der Waals surface area contributed by atoms with Crippen LogP contribution in [0.4, 0.5) is 11.8 Å². The zero-order valence-electron chi connectivity index (χ0n) is 9.85. The number of nitrogens with zero attached hydrogens (tertiary/aromatic N) is 4. The van der Waals surface area contributed by atoms with Gasteiger partial charge < -0.3 is 10.6 Å². The largest absolute Gasteiger partial charge is 0.368 e. The molecule has 2 aromatic heterocycles. The van der Waals surface area contributed by atoms with E-state index >= 15 is 0 Å². The van der Waals surface area contributed by atoms with E-state index in [9.17, 15) is 0 Å². The molecule has 1 aliphatic carbocycles. The fourth-order valence-electron chi connectivity index (χ4n) is 2.57. The Labute approximate surface area is 99.2 Å². The zero-order valence-corrected chi connectivity index (χ0v) is 9.85. The van der Waals surface area contributed by atoms with Gasteiger partial charge in [0, 0.05) is 13.1 Å². The van der Waals surface area contributed by atoms with Gasteiger partial charge in [-0.3, -0.25) is 5.10 Å². The van der Waals surface area contributed by atoms with E-state index in [-0.39, 0.29) is 0 Å². The summed E-state index contributed by atoms with van der Waals surface area (Å²) < 4.78 is 0. The third kappa shape index (κ3) is 1.69. The average Bonchev–Trinajstić information content (AvgIpc) is 2.97. The Kier molecular flexibility index (Phi) is 2.35. The predicted molar refractivity (Wildman–Crippen MR) is 66.8 cm³/mol. The molecule has 6 heteroatoms. The first-order valence-corrected chi connectivity index (χ1v) is 5.95. The van der Waals surface area contributed by atoms with Crippen molar-refractivity contribution in [3.05, 3.63) is 6.20 Å². The lowest BCUT2D eigenvalue weighted by molar-refractivity contribution is 0.648. The summed E-state index contributed by atoms with van der Waals surface area (Å²) in [6.45, 7) is 0. The number of aromatic amines is 1. The molecule has 1 aliphatic rings. The summed E-state index contributed by atoms with van der Waals surface area (Å²) in [6.07, 6.45) is 6.79. The Bertz CT molecular complexity index is 528. The molecule has 0 spiro atoms. The summed E-state index contributed by atoms with van der Waals surface area (Å²) in [5.41, 5.74) is 6.43. The Morgan fingerprint density at radius 3 is 2.88 bits per heavy atom. The molecule has 3 rings (SSSR count). The maximum absolute atomic E-state index is 5.72. The first kappa shape index (κ1) is 10.3. The number of fused-ring (bicyclic) bond motifs is 1. The van der Waals surface area contributed by atoms with E-state index in [1.54, 1.807) is 6.20 Å². The van der Waals surface area contributed by atoms with Gasteiger partial charge in [0.15, 0.2) is 5.65 Å². The molecule has 17 heavy (non-hydrogen) atoms. The van der Waals surface area contributed by atoms with Crippen LogP contribution in [0.5, 0.6) is 0 Å². The number of hydrogen-bond donors (Lipinski definition) is 2. The van der Waals surface area contributed by atoms with Crippen molar-refractivity contribution in [2.45, 2.75) is 31.7 Å². The van der Waals surface area contributed by atoms with Crippen LogP contribution in [0.1, 0.15) is 25.7 Å². The Morgan fingerprint density at radius 1 is 1.35 bits per heavy atom. The normalized spacial score (nSPS) is 16.8. The van der Waals surface area contributed by atoms with Crippen molar-refractivity contribution in [1.29, 1.82) is 0 Å². The van der Waals surface area contributed by atoms with Crippen LogP contribution in [0.2, 0.25) is 0 Å². The van der Waals surface area contributed by atoms with Crippen LogP contribution in [0, 0.1) is 0 Å². The van der Waals surface area contributed by atoms with Gasteiger partial charge in [-0.25, -0.2) is 0 Å². The van der Waals surface area contributed by atoms with Gasteiger partial charge in [-0.05, 0) is 12.8 Å². The number of hydrogen-bond acceptors (Lipinski definition) is 5. The van der Waals surface area contributed by atoms with Gasteiger partial charge in [0.2, 0.25) is 5.95 Å². The van der Waals surface area contributed by atoms with Gasteiger partial charge in [0.1, 0.15) is 5.82 Å². The molecule has 0 aromatic carbocycles. The van der Waals surface area contributed by atoms with Crippen LogP contribution in [0.15, 0.2) is 6.20 Å². The predicted octanol–water partition coefficient (Wildman–Crippen LogP) is 1.31. The van der Waals surface area contributed by atoms with Crippen LogP contribution in [-0.4, -0.2) is 33.3 Å². The summed E-state index contributed by atoms with van der Waals surface area (Å²) >= 11 is 0. The van der Waals surface area contributed by atoms with Crippen molar-refractivity contribution in [2.75, 3.05) is 17.7 Å². The summed E-state index contributed by atoms with van der Waals surface area (Å²) in [7, 11) is 2.07. The van der Waals surface area contributed by atoms with Crippen LogP contribution in [0.25, 0.3) is 11.0 Å². The first-order chi connectivity index (χ1) is 8.25. The summed E-state index contributed by atoms with van der Waals surface area (Å²) in [5.74, 6) is 1.18. The third-order valence-electron chi connectivity index (χ3n) is 3.51. The van der Waals surface area contributed by atoms with E-state index in [0.717, 1.165) is 11.2 Å². The maximum Gasteiger partial charge on any atom is 0.224 e. The van der Waals surface area contributed by atoms with Crippen molar-refractivity contribution in [3.63, 3.8) is 0 Å². The van der Waals surface area contributed by atoms with Crippen LogP contribution >= 0.6 is 0 Å². The molecular weight excluding hydrogens is 216 g/mol. The van der Waals surface area contributed by atoms with Gasteiger partial charge in [0.25, 0.3) is 0 Å². The third-order valence-corrected chi connectivity index (χ3v) is 3.51. The van der Waals surface area contributed by atoms with Crippen molar-refractivity contribution in [2.24, 2.45) is 0 Å². The molecule has 0 aliphatic heterocycles. The monoisotopic (exact) mass is 232 g/mol. The molecular formula is C11H16N6. The number of H-pyrrole nitrogens is 1. The quantitative estimate of drug-likeness (QED) is 0.815. The van der Waals surface area contributed by atoms with Gasteiger partial charge in [0.05, 0.1) is 11.6 Å². The Hall–Kier alpha value is -1.85. The van der Waals surface area contributed by atoms with Gasteiger partial charge >= 0.3 is 0 Å². The summed E-state index contributed by atoms with van der Waals surface area (Å²) in [5, 5.41) is 7.78. The molecule has 2 heterocycles. The first-order valence-electron chi connectivity index (χ1n) is 5.95. The van der Waals surface area contributed by atoms with Gasteiger partial charge in [-0.15, -0.1) is 0 Å². The smallest absolute Gasteiger partial charge is 0.224 e. The number of nitrogens with one attached hydrogen (secondary N) is 1. The van der Waals surface area contributed by atoms with Crippen LogP contribution in [-0.2, 0) is 0 Å². The minimum absolute atomic E-state index is 0.293. The highest BCUT2D eigenvalue weighted by Gasteiger charge is 2.23. The minimum atomic E-state index is 0.293. The molecule has 2 aromatic rings. The fraction of sp³-hybridized carbons (Fsp3) is 0.545. The van der Waals surface area contributed by atoms with Crippen LogP contribution < -0.4 is 10.6 Å². The molecule has 0 saturated heterocycles. The van der Waals surface area contributed by atoms with Crippen LogP contribution in [0.3, 0.4) is 0 Å². The SMILES string of the molecule is CN(c1nc(N)nc2[nH]ncc12)C1CCCC1. The second-order valence-corrected chi connectivity index (χ2v) is 4.59. The minimum Gasteiger partial charge on any atom is -0.368 e. The lowest BCUT2D eigenvalue weighted by atomic mass is 10.2. The molecule has 1 fully saturated rings. The molecule has 0 bridgehead atoms. The second-order valence-electron chi connectivity index (χ2n) is 4.59. The number of nitrogens with two attached hydrogens (primary N) is 1. The fourth-order valence-corrected chi connectivity index (χ4v) is 2.57. The molecule has 6 nitrogen and oxygen atoms in total. The highest BCUT2D eigenvalue weighted by atomic mass is 15.2. The van der Waals surface area contributed by atoms with E-state index in [0.29, 0.717) is 17.6 Å². The van der Waals surface area contributed by atoms with Gasteiger partial charge in [-0.1, -0.05) is 12.8 Å². The number of aromatic nitrogens is 4. The molecule has 0 amide bonds. The van der Waals surface area contributed by atoms with Crippen molar-refractivity contribution in [3.8, 4) is 0 Å². The Balaban J connectivity index is 2.05. The summed E-state index contributed by atoms with van der Waals surface area (Å²) in [4.78, 5) is 10.7. The molecule has 3 N–H and O–H groups in total. The second kappa shape index (κ2) is 3.87. The van der Waals surface area contributed by atoms with E-state index in [2.05, 4.69) is 32.1 Å². The molecule has 0 radical (unpaired) electrons. The van der Waals surface area contributed by atoms with E-state index in [4.69, 9.17) is 5.73 Å². The highest BCUT2D eigenvalue weighted by Crippen LogP contribution is 2.29. The molecule has 1 saturated carbocycles. The molecule has 0 atom stereocenters. The standard InChI is InChI=1S/C11H16N6/c1-17(7-4-2-3-5-7)10-8-6-13-16-9(8)14-11(12)15-10/h6-7H,2-5H2,1H3,(H3,12,13,14,15,16). The van der Waals surface area contributed by atoms with E-state index in [1.165, 1.54) is 25.7 Å². The number of anilines is 2. The zero-order chi connectivity index (χ0) is 11.8. The van der Waals surface area contributed by atoms with Crippen molar-refractivity contribution in [1.82, 2.24) is 20.2 Å². The maximum atomic E-state index is 5.72. The number of rotatable bonds is 2. The van der Waals surface area contributed by atoms with E-state index < -0.39 is 0 Å². The topological polar surface area (TPSA) is 83.7 Å². The lowest BCUT2D eigenvalue weighted by Crippen LogP contribution is -2.30. The van der Waals surface area contributed by atoms with Crippen molar-refractivity contribution >= 4 is 22.8 Å².